The summed E-state index contributed by atoms with van der Waals surface area (Å²) < 4.78 is 52.4. The lowest BCUT2D eigenvalue weighted by Gasteiger charge is -2.29. The van der Waals surface area contributed by atoms with Crippen LogP contribution in [0.1, 0.15) is 33.9 Å². The Balaban J connectivity index is 1.86. The Morgan fingerprint density at radius 3 is 2.54 bits per heavy atom. The van der Waals surface area contributed by atoms with Crippen LogP contribution in [0.15, 0.2) is 42.6 Å². The first-order valence-electron chi connectivity index (χ1n) is 11.2. The maximum Gasteiger partial charge on any atom is 0.459 e. The van der Waals surface area contributed by atoms with Crippen LogP contribution >= 0.6 is 32.2 Å². The minimum Gasteiger partial charge on any atom is -0.462 e. The summed E-state index contributed by atoms with van der Waals surface area (Å²) in [5, 5.41) is 24.0. The number of para-hydroxylation sites is 1. The summed E-state index contributed by atoms with van der Waals surface area (Å²) in [5.74, 6) is -3.71. The topological polar surface area (TPSA) is 144 Å². The molecule has 1 fully saturated rings. The number of nitrogens with zero attached hydrogens (tertiary/aromatic N) is 1. The highest BCUT2D eigenvalue weighted by atomic mass is 32.1. The van der Waals surface area contributed by atoms with Crippen molar-refractivity contribution >= 4 is 38.2 Å². The Bertz CT molecular complexity index is 1270. The zero-order chi connectivity index (χ0) is 27.6. The van der Waals surface area contributed by atoms with Crippen LogP contribution in [-0.4, -0.2) is 62.0 Å². The summed E-state index contributed by atoms with van der Waals surface area (Å²) in [6, 6.07) is 8.11. The van der Waals surface area contributed by atoms with Crippen molar-refractivity contribution in [3.05, 3.63) is 52.0 Å². The molecule has 204 valence electrons. The van der Waals surface area contributed by atoms with E-state index in [2.05, 4.69) is 10.1 Å². The largest absolute Gasteiger partial charge is 0.462 e. The van der Waals surface area contributed by atoms with E-state index in [4.69, 9.17) is 43.0 Å². The molecule has 3 rings (SSSR count). The van der Waals surface area contributed by atoms with Crippen LogP contribution in [0, 0.1) is 9.41 Å². The number of carbonyl (C=O) groups excluding carboxylic acids is 1. The second-order valence-corrected chi connectivity index (χ2v) is 11.4. The molecule has 1 aromatic heterocycles. The van der Waals surface area contributed by atoms with Crippen LogP contribution in [0.4, 0.5) is 4.39 Å². The lowest BCUT2D eigenvalue weighted by molar-refractivity contribution is -0.203. The molecule has 0 radical (unpaired) electrons. The number of aliphatic hydroxyl groups is 2. The smallest absolute Gasteiger partial charge is 0.459 e. The predicted molar refractivity (Wildman–Crippen MR) is 135 cm³/mol. The number of aromatic amines is 1. The van der Waals surface area contributed by atoms with Gasteiger partial charge in [0.1, 0.15) is 34.7 Å². The lowest BCUT2D eigenvalue weighted by atomic mass is 9.95. The van der Waals surface area contributed by atoms with E-state index in [1.54, 1.807) is 32.0 Å². The molecule has 4 N–H and O–H groups in total. The highest BCUT2D eigenvalue weighted by Gasteiger charge is 2.63. The molecule has 0 amide bonds. The molecule has 1 aliphatic rings. The number of hydrogen-bond donors (Lipinski definition) is 4. The number of nitrogens with one attached hydrogen (secondary N) is 2. The van der Waals surface area contributed by atoms with E-state index in [0.717, 1.165) is 6.92 Å². The molecule has 2 unspecified atom stereocenters. The molecular weight excluding hydrogens is 548 g/mol. The first kappa shape index (κ1) is 29.5. The highest BCUT2D eigenvalue weighted by Crippen LogP contribution is 2.50. The molecule has 1 saturated heterocycles. The number of rotatable bonds is 10. The number of aromatic nitrogens is 2. The molecule has 0 spiro atoms. The van der Waals surface area contributed by atoms with E-state index >= 15 is 4.39 Å². The van der Waals surface area contributed by atoms with E-state index in [-0.39, 0.29) is 10.5 Å². The van der Waals surface area contributed by atoms with E-state index in [1.165, 1.54) is 35.9 Å². The molecule has 2 heterocycles. The Morgan fingerprint density at radius 2 is 1.95 bits per heavy atom. The zero-order valence-corrected chi connectivity index (χ0v) is 23.0. The SMILES string of the molecule is CC(C)OC(=O)[C@H](C)NP(=O)(OC[C@@]1(F)O[C@@H](n2ccc(=S)[nH]c2=S)C(C)(O)[C@H]1O)Oc1ccccc1. The fraction of sp³-hybridized carbons (Fsp3) is 0.500. The number of hydrogen-bond acceptors (Lipinski definition) is 10. The van der Waals surface area contributed by atoms with Crippen LogP contribution in [0.2, 0.25) is 0 Å². The van der Waals surface area contributed by atoms with Crippen molar-refractivity contribution in [3.8, 4) is 5.75 Å². The standard InChI is InChI=1S/C22H29FN3O8PS2/c1-13(2)32-17(27)14(3)25-35(30,34-15-8-6-5-7-9-15)31-12-22(23)18(28)21(4,29)19(33-22)26-11-10-16(36)24-20(26)37/h5-11,13-14,18-19,28-29H,12H2,1-4H3,(H,25,30)(H,24,36,37)/t14-,18+,19+,21?,22+,35?/m0/s1. The second kappa shape index (κ2) is 11.4. The van der Waals surface area contributed by atoms with E-state index in [1.807, 2.05) is 0 Å². The summed E-state index contributed by atoms with van der Waals surface area (Å²) in [5.41, 5.74) is -2.20. The molecule has 6 atom stereocenters. The molecule has 15 heteroatoms. The summed E-state index contributed by atoms with van der Waals surface area (Å²) in [4.78, 5) is 15.0. The van der Waals surface area contributed by atoms with Crippen molar-refractivity contribution in [1.29, 1.82) is 0 Å². The van der Waals surface area contributed by atoms with Crippen molar-refractivity contribution in [2.24, 2.45) is 0 Å². The fourth-order valence-electron chi connectivity index (χ4n) is 3.51. The number of ether oxygens (including phenoxy) is 2. The van der Waals surface area contributed by atoms with Gasteiger partial charge in [0, 0.05) is 6.20 Å². The van der Waals surface area contributed by atoms with Gasteiger partial charge in [-0.15, -0.1) is 0 Å². The predicted octanol–water partition coefficient (Wildman–Crippen LogP) is 3.72. The van der Waals surface area contributed by atoms with Gasteiger partial charge in [-0.3, -0.25) is 13.9 Å². The van der Waals surface area contributed by atoms with Crippen LogP contribution in [0.3, 0.4) is 0 Å². The Labute approximate surface area is 223 Å². The first-order valence-corrected chi connectivity index (χ1v) is 13.6. The van der Waals surface area contributed by atoms with Crippen LogP contribution in [0.5, 0.6) is 5.75 Å². The van der Waals surface area contributed by atoms with Crippen LogP contribution in [0.25, 0.3) is 0 Å². The average Bonchev–Trinajstić information content (AvgIpc) is 2.98. The highest BCUT2D eigenvalue weighted by molar-refractivity contribution is 7.72. The minimum absolute atomic E-state index is 0.00684. The van der Waals surface area contributed by atoms with E-state index < -0.39 is 56.3 Å². The normalized spacial score (nSPS) is 28.0. The van der Waals surface area contributed by atoms with Gasteiger partial charge in [-0.1, -0.05) is 30.4 Å². The number of H-pyrrole nitrogens is 1. The Hall–Kier alpha value is -2.03. The number of benzene rings is 1. The lowest BCUT2D eigenvalue weighted by Crippen LogP contribution is -2.49. The molecule has 2 aromatic rings. The summed E-state index contributed by atoms with van der Waals surface area (Å²) in [6.07, 6.45) is -2.74. The van der Waals surface area contributed by atoms with Gasteiger partial charge in [0.25, 0.3) is 5.85 Å². The minimum atomic E-state index is -4.48. The van der Waals surface area contributed by atoms with Gasteiger partial charge in [0.15, 0.2) is 11.0 Å². The van der Waals surface area contributed by atoms with Crippen molar-refractivity contribution < 1.29 is 42.5 Å². The summed E-state index contributed by atoms with van der Waals surface area (Å²) >= 11 is 10.2. The van der Waals surface area contributed by atoms with Gasteiger partial charge in [0.05, 0.1) is 6.10 Å². The van der Waals surface area contributed by atoms with Crippen LogP contribution in [-0.2, 0) is 23.4 Å². The van der Waals surface area contributed by atoms with Gasteiger partial charge >= 0.3 is 13.7 Å². The zero-order valence-electron chi connectivity index (χ0n) is 20.5. The molecule has 1 aromatic carbocycles. The molecule has 0 saturated carbocycles. The second-order valence-electron chi connectivity index (χ2n) is 8.91. The van der Waals surface area contributed by atoms with Crippen molar-refractivity contribution in [2.45, 2.75) is 63.6 Å². The van der Waals surface area contributed by atoms with Gasteiger partial charge in [-0.05, 0) is 58.1 Å². The van der Waals surface area contributed by atoms with Crippen molar-refractivity contribution in [2.75, 3.05) is 6.61 Å². The maximum atomic E-state index is 16.0. The van der Waals surface area contributed by atoms with Gasteiger partial charge in [-0.2, -0.15) is 5.09 Å². The fourth-order valence-corrected chi connectivity index (χ4v) is 5.51. The van der Waals surface area contributed by atoms with E-state index in [0.29, 0.717) is 4.64 Å². The molecule has 0 aliphatic carbocycles. The molecule has 0 bridgehead atoms. The van der Waals surface area contributed by atoms with Crippen LogP contribution < -0.4 is 9.61 Å². The molecule has 1 aliphatic heterocycles. The maximum absolute atomic E-state index is 16.0. The number of carbonyl (C=O) groups is 1. The van der Waals surface area contributed by atoms with Gasteiger partial charge in [0.2, 0.25) is 0 Å². The quantitative estimate of drug-likeness (QED) is 0.186. The third-order valence-corrected chi connectivity index (χ3v) is 7.51. The molecular formula is C22H29FN3O8PS2. The van der Waals surface area contributed by atoms with Gasteiger partial charge in [-0.25, -0.2) is 8.96 Å². The average molecular weight is 578 g/mol. The molecule has 37 heavy (non-hydrogen) atoms. The summed E-state index contributed by atoms with van der Waals surface area (Å²) in [7, 11) is -4.48. The summed E-state index contributed by atoms with van der Waals surface area (Å²) in [6.45, 7) is 4.64. The van der Waals surface area contributed by atoms with Crippen molar-refractivity contribution in [1.82, 2.24) is 14.6 Å². The number of aliphatic hydroxyl groups excluding tert-OH is 1. The third-order valence-electron chi connectivity index (χ3n) is 5.33. The van der Waals surface area contributed by atoms with Crippen molar-refractivity contribution in [3.63, 3.8) is 0 Å². The number of alkyl halides is 1. The Morgan fingerprint density at radius 1 is 1.30 bits per heavy atom. The third kappa shape index (κ3) is 6.89. The molecule has 11 nitrogen and oxygen atoms in total. The van der Waals surface area contributed by atoms with E-state index in [9.17, 15) is 19.6 Å². The van der Waals surface area contributed by atoms with Gasteiger partial charge < -0.3 is 29.2 Å². The Kier molecular flexibility index (Phi) is 9.08. The number of esters is 1. The number of halogens is 1. The monoisotopic (exact) mass is 577 g/mol. The first-order chi connectivity index (χ1) is 17.2.